The first-order valence-corrected chi connectivity index (χ1v) is 4.86. The van der Waals surface area contributed by atoms with E-state index in [0.29, 0.717) is 0 Å². The number of benzene rings is 1. The molecule has 1 rings (SSSR count). The van der Waals surface area contributed by atoms with Gasteiger partial charge in [0.05, 0.1) is 12.8 Å². The highest BCUT2D eigenvalue weighted by Crippen LogP contribution is 2.19. The first-order chi connectivity index (χ1) is 7.17. The summed E-state index contributed by atoms with van der Waals surface area (Å²) in [6.07, 6.45) is 0. The van der Waals surface area contributed by atoms with Gasteiger partial charge in [-0.1, -0.05) is 6.07 Å². The van der Waals surface area contributed by atoms with Gasteiger partial charge in [-0.2, -0.15) is 0 Å². The minimum absolute atomic E-state index is 0.0763. The molecule has 0 fully saturated rings. The van der Waals surface area contributed by atoms with Crippen LogP contribution in [0.1, 0.15) is 13.8 Å². The number of carbonyl (C=O) groups excluding carboxylic acids is 1. The normalized spacial score (nSPS) is 9.80. The Morgan fingerprint density at radius 2 is 2.27 bits per heavy atom. The molecule has 1 aromatic carbocycles. The van der Waals surface area contributed by atoms with E-state index in [2.05, 4.69) is 5.32 Å². The Kier molecular flexibility index (Phi) is 4.12. The molecule has 0 saturated heterocycles. The molecular weight excluding hydrogens is 192 g/mol. The SMILES string of the molecule is CCN(OC)c1cccc(NC(C)=O)c1. The number of amides is 1. The van der Waals surface area contributed by atoms with Crippen molar-refractivity contribution in [3.05, 3.63) is 24.3 Å². The van der Waals surface area contributed by atoms with Crippen molar-refractivity contribution < 1.29 is 9.63 Å². The van der Waals surface area contributed by atoms with Crippen molar-refractivity contribution in [3.63, 3.8) is 0 Å². The zero-order chi connectivity index (χ0) is 11.3. The van der Waals surface area contributed by atoms with Crippen molar-refractivity contribution in [1.82, 2.24) is 0 Å². The fraction of sp³-hybridized carbons (Fsp3) is 0.364. The summed E-state index contributed by atoms with van der Waals surface area (Å²) in [5.74, 6) is -0.0763. The van der Waals surface area contributed by atoms with Crippen molar-refractivity contribution in [2.75, 3.05) is 24.0 Å². The Morgan fingerprint density at radius 3 is 2.80 bits per heavy atom. The summed E-state index contributed by atoms with van der Waals surface area (Å²) < 4.78 is 0. The number of carbonyl (C=O) groups is 1. The van der Waals surface area contributed by atoms with Crippen molar-refractivity contribution in [3.8, 4) is 0 Å². The highest BCUT2D eigenvalue weighted by molar-refractivity contribution is 5.89. The molecule has 15 heavy (non-hydrogen) atoms. The van der Waals surface area contributed by atoms with E-state index in [1.54, 1.807) is 12.2 Å². The topological polar surface area (TPSA) is 41.6 Å². The van der Waals surface area contributed by atoms with Gasteiger partial charge in [0.25, 0.3) is 0 Å². The van der Waals surface area contributed by atoms with Crippen LogP contribution in [-0.2, 0) is 9.63 Å². The van der Waals surface area contributed by atoms with Gasteiger partial charge in [-0.15, -0.1) is 0 Å². The number of hydrogen-bond acceptors (Lipinski definition) is 3. The summed E-state index contributed by atoms with van der Waals surface area (Å²) in [5, 5.41) is 4.47. The van der Waals surface area contributed by atoms with E-state index >= 15 is 0 Å². The Bertz CT molecular complexity index is 335. The number of nitrogens with zero attached hydrogens (tertiary/aromatic N) is 1. The molecule has 0 saturated carbocycles. The second kappa shape index (κ2) is 5.36. The van der Waals surface area contributed by atoms with Crippen LogP contribution in [0.3, 0.4) is 0 Å². The van der Waals surface area contributed by atoms with Crippen LogP contribution in [0.4, 0.5) is 11.4 Å². The van der Waals surface area contributed by atoms with Gasteiger partial charge in [0.15, 0.2) is 0 Å². The molecule has 0 spiro atoms. The highest BCUT2D eigenvalue weighted by Gasteiger charge is 2.03. The van der Waals surface area contributed by atoms with Gasteiger partial charge in [0.2, 0.25) is 5.91 Å². The van der Waals surface area contributed by atoms with Gasteiger partial charge in [0.1, 0.15) is 0 Å². The van der Waals surface area contributed by atoms with Gasteiger partial charge in [-0.25, -0.2) is 0 Å². The van der Waals surface area contributed by atoms with E-state index in [9.17, 15) is 4.79 Å². The van der Waals surface area contributed by atoms with E-state index in [-0.39, 0.29) is 5.91 Å². The predicted octanol–water partition coefficient (Wildman–Crippen LogP) is 2.03. The van der Waals surface area contributed by atoms with Gasteiger partial charge >= 0.3 is 0 Å². The maximum atomic E-state index is 10.9. The zero-order valence-electron chi connectivity index (χ0n) is 9.28. The minimum Gasteiger partial charge on any atom is -0.326 e. The third kappa shape index (κ3) is 3.25. The standard InChI is InChI=1S/C11H16N2O2/c1-4-13(15-3)11-7-5-6-10(8-11)12-9(2)14/h5-8H,4H2,1-3H3,(H,12,14). The number of anilines is 2. The summed E-state index contributed by atoms with van der Waals surface area (Å²) in [6, 6.07) is 7.52. The second-order valence-electron chi connectivity index (χ2n) is 3.11. The second-order valence-corrected chi connectivity index (χ2v) is 3.11. The Labute approximate surface area is 89.8 Å². The minimum atomic E-state index is -0.0763. The number of rotatable bonds is 4. The van der Waals surface area contributed by atoms with E-state index in [1.165, 1.54) is 6.92 Å². The lowest BCUT2D eigenvalue weighted by Gasteiger charge is -2.20. The first kappa shape index (κ1) is 11.5. The number of hydrogen-bond donors (Lipinski definition) is 1. The van der Waals surface area contributed by atoms with Gasteiger partial charge in [-0.3, -0.25) is 14.7 Å². The van der Waals surface area contributed by atoms with Crippen LogP contribution in [0.15, 0.2) is 24.3 Å². The van der Waals surface area contributed by atoms with Crippen molar-refractivity contribution >= 4 is 17.3 Å². The number of nitrogens with one attached hydrogen (secondary N) is 1. The third-order valence-electron chi connectivity index (χ3n) is 1.96. The van der Waals surface area contributed by atoms with Crippen molar-refractivity contribution in [1.29, 1.82) is 0 Å². The van der Waals surface area contributed by atoms with E-state index in [0.717, 1.165) is 17.9 Å². The molecule has 0 radical (unpaired) electrons. The first-order valence-electron chi connectivity index (χ1n) is 4.86. The summed E-state index contributed by atoms with van der Waals surface area (Å²) in [4.78, 5) is 16.0. The zero-order valence-corrected chi connectivity index (χ0v) is 9.28. The number of hydroxylamine groups is 1. The molecule has 4 nitrogen and oxygen atoms in total. The molecule has 0 bridgehead atoms. The van der Waals surface area contributed by atoms with Crippen LogP contribution in [0.5, 0.6) is 0 Å². The summed E-state index contributed by atoms with van der Waals surface area (Å²) >= 11 is 0. The molecule has 1 aromatic rings. The van der Waals surface area contributed by atoms with E-state index < -0.39 is 0 Å². The van der Waals surface area contributed by atoms with Crippen molar-refractivity contribution in [2.24, 2.45) is 0 Å². The average molecular weight is 208 g/mol. The lowest BCUT2D eigenvalue weighted by molar-refractivity contribution is -0.114. The molecule has 0 atom stereocenters. The molecule has 0 heterocycles. The van der Waals surface area contributed by atoms with Crippen LogP contribution in [0.25, 0.3) is 0 Å². The maximum absolute atomic E-state index is 10.9. The van der Waals surface area contributed by atoms with Gasteiger partial charge < -0.3 is 5.32 Å². The quantitative estimate of drug-likeness (QED) is 0.770. The average Bonchev–Trinajstić information content (AvgIpc) is 2.19. The fourth-order valence-corrected chi connectivity index (χ4v) is 1.36. The molecule has 82 valence electrons. The molecule has 0 aliphatic carbocycles. The molecule has 1 amide bonds. The van der Waals surface area contributed by atoms with E-state index in [4.69, 9.17) is 4.84 Å². The summed E-state index contributed by atoms with van der Waals surface area (Å²) in [5.41, 5.74) is 1.70. The Morgan fingerprint density at radius 1 is 1.53 bits per heavy atom. The Hall–Kier alpha value is -1.55. The van der Waals surface area contributed by atoms with Crippen LogP contribution in [-0.4, -0.2) is 19.6 Å². The Balaban J connectivity index is 2.86. The van der Waals surface area contributed by atoms with Crippen molar-refractivity contribution in [2.45, 2.75) is 13.8 Å². The third-order valence-corrected chi connectivity index (χ3v) is 1.96. The largest absolute Gasteiger partial charge is 0.326 e. The molecule has 1 N–H and O–H groups in total. The molecule has 0 aromatic heterocycles. The summed E-state index contributed by atoms with van der Waals surface area (Å²) in [7, 11) is 1.62. The van der Waals surface area contributed by atoms with Crippen LogP contribution in [0.2, 0.25) is 0 Å². The summed E-state index contributed by atoms with van der Waals surface area (Å²) in [6.45, 7) is 4.23. The molecule has 0 aliphatic heterocycles. The monoisotopic (exact) mass is 208 g/mol. The lowest BCUT2D eigenvalue weighted by atomic mass is 10.2. The fourth-order valence-electron chi connectivity index (χ4n) is 1.36. The molecule has 4 heteroatoms. The van der Waals surface area contributed by atoms with E-state index in [1.807, 2.05) is 31.2 Å². The maximum Gasteiger partial charge on any atom is 0.221 e. The molecule has 0 unspecified atom stereocenters. The lowest BCUT2D eigenvalue weighted by Crippen LogP contribution is -2.20. The molecule has 0 aliphatic rings. The van der Waals surface area contributed by atoms with Crippen LogP contribution < -0.4 is 10.4 Å². The van der Waals surface area contributed by atoms with Crippen LogP contribution >= 0.6 is 0 Å². The van der Waals surface area contributed by atoms with Gasteiger partial charge in [0, 0.05) is 19.2 Å². The molecular formula is C11H16N2O2. The predicted molar refractivity (Wildman–Crippen MR) is 60.8 cm³/mol. The van der Waals surface area contributed by atoms with Gasteiger partial charge in [-0.05, 0) is 25.1 Å². The smallest absolute Gasteiger partial charge is 0.221 e. The highest BCUT2D eigenvalue weighted by atomic mass is 16.7. The van der Waals surface area contributed by atoms with Crippen LogP contribution in [0, 0.1) is 0 Å².